The summed E-state index contributed by atoms with van der Waals surface area (Å²) in [4.78, 5) is 17.0. The number of nitrogens with zero attached hydrogens (tertiary/aromatic N) is 2. The van der Waals surface area contributed by atoms with E-state index in [9.17, 15) is 22.4 Å². The molecule has 3 nitrogen and oxygen atoms in total. The molecule has 1 aliphatic rings. The van der Waals surface area contributed by atoms with Gasteiger partial charge in [0.05, 0.1) is 11.5 Å². The third-order valence-electron chi connectivity index (χ3n) is 3.29. The number of likely N-dealkylation sites (tertiary alicyclic amines) is 1. The van der Waals surface area contributed by atoms with Crippen LogP contribution in [0.1, 0.15) is 23.2 Å². The van der Waals surface area contributed by atoms with E-state index in [0.29, 0.717) is 0 Å². The van der Waals surface area contributed by atoms with Crippen LogP contribution in [0.25, 0.3) is 0 Å². The number of alkyl halides is 3. The van der Waals surface area contributed by atoms with E-state index >= 15 is 0 Å². The zero-order valence-corrected chi connectivity index (χ0v) is 11.8. The minimum absolute atomic E-state index is 0.00942. The first-order valence-corrected chi connectivity index (χ1v) is 6.75. The maximum absolute atomic E-state index is 13.3. The molecule has 1 amide bonds. The van der Waals surface area contributed by atoms with Gasteiger partial charge < -0.3 is 4.90 Å². The highest BCUT2D eigenvalue weighted by atomic mass is 79.9. The molecular weight excluding hydrogens is 344 g/mol. The number of hydrogen-bond acceptors (Lipinski definition) is 2. The molecule has 1 aromatic rings. The topological polar surface area (TPSA) is 33.2 Å². The minimum Gasteiger partial charge on any atom is -0.339 e. The third-order valence-corrected chi connectivity index (χ3v) is 3.87. The average Bonchev–Trinajstić information content (AvgIpc) is 2.40. The molecule has 2 heterocycles. The fourth-order valence-corrected chi connectivity index (χ4v) is 2.35. The smallest absolute Gasteiger partial charge is 0.339 e. The van der Waals surface area contributed by atoms with Crippen LogP contribution in [-0.2, 0) is 0 Å². The van der Waals surface area contributed by atoms with Crippen molar-refractivity contribution in [3.8, 4) is 0 Å². The molecule has 0 N–H and O–H groups in total. The lowest BCUT2D eigenvalue weighted by Gasteiger charge is -2.32. The SMILES string of the molecule is O=C(c1cnc(Br)c(F)c1)N1CCC(C(F)(F)F)CC1. The van der Waals surface area contributed by atoms with Gasteiger partial charge in [-0.25, -0.2) is 9.37 Å². The molecule has 1 saturated heterocycles. The van der Waals surface area contributed by atoms with E-state index in [4.69, 9.17) is 0 Å². The van der Waals surface area contributed by atoms with E-state index in [1.165, 1.54) is 11.1 Å². The minimum atomic E-state index is -4.22. The molecule has 0 spiro atoms. The first kappa shape index (κ1) is 15.2. The molecular formula is C12H11BrF4N2O. The number of piperidine rings is 1. The van der Waals surface area contributed by atoms with Crippen molar-refractivity contribution >= 4 is 21.8 Å². The zero-order valence-electron chi connectivity index (χ0n) is 10.3. The Bertz CT molecular complexity index is 513. The van der Waals surface area contributed by atoms with Crippen LogP contribution in [0, 0.1) is 11.7 Å². The van der Waals surface area contributed by atoms with Gasteiger partial charge >= 0.3 is 6.18 Å². The van der Waals surface area contributed by atoms with Gasteiger partial charge in [-0.2, -0.15) is 13.2 Å². The largest absolute Gasteiger partial charge is 0.391 e. The summed E-state index contributed by atoms with van der Waals surface area (Å²) < 4.78 is 50.9. The van der Waals surface area contributed by atoms with Crippen molar-refractivity contribution in [1.29, 1.82) is 0 Å². The fourth-order valence-electron chi connectivity index (χ4n) is 2.13. The summed E-state index contributed by atoms with van der Waals surface area (Å²) in [6, 6.07) is 1.02. The summed E-state index contributed by atoms with van der Waals surface area (Å²) in [7, 11) is 0. The quantitative estimate of drug-likeness (QED) is 0.572. The van der Waals surface area contributed by atoms with E-state index < -0.39 is 23.8 Å². The highest BCUT2D eigenvalue weighted by Gasteiger charge is 2.41. The highest BCUT2D eigenvalue weighted by Crippen LogP contribution is 2.34. The Balaban J connectivity index is 2.03. The van der Waals surface area contributed by atoms with Crippen molar-refractivity contribution in [3.05, 3.63) is 28.2 Å². The molecule has 0 aromatic carbocycles. The number of halogens is 5. The number of aromatic nitrogens is 1. The molecule has 20 heavy (non-hydrogen) atoms. The van der Waals surface area contributed by atoms with Crippen LogP contribution in [-0.4, -0.2) is 35.1 Å². The van der Waals surface area contributed by atoms with E-state index in [-0.39, 0.29) is 36.1 Å². The molecule has 2 rings (SSSR count). The molecule has 1 aliphatic heterocycles. The van der Waals surface area contributed by atoms with Crippen molar-refractivity contribution in [1.82, 2.24) is 9.88 Å². The monoisotopic (exact) mass is 354 g/mol. The third kappa shape index (κ3) is 3.28. The number of rotatable bonds is 1. The second kappa shape index (κ2) is 5.67. The predicted octanol–water partition coefficient (Wildman–Crippen LogP) is 3.40. The van der Waals surface area contributed by atoms with Crippen molar-refractivity contribution in [2.24, 2.45) is 5.92 Å². The standard InChI is InChI=1S/C12H11BrF4N2O/c13-10-9(14)5-7(6-18-10)11(20)19-3-1-8(2-4-19)12(15,16)17/h5-6,8H,1-4H2. The Morgan fingerprint density at radius 2 is 1.95 bits per heavy atom. The Labute approximate surface area is 121 Å². The molecule has 0 unspecified atom stereocenters. The maximum Gasteiger partial charge on any atom is 0.391 e. The van der Waals surface area contributed by atoms with Gasteiger partial charge in [0, 0.05) is 19.3 Å². The predicted molar refractivity (Wildman–Crippen MR) is 66.6 cm³/mol. The normalized spacial score (nSPS) is 17.4. The zero-order chi connectivity index (χ0) is 14.9. The molecule has 0 saturated carbocycles. The lowest BCUT2D eigenvalue weighted by molar-refractivity contribution is -0.183. The second-order valence-corrected chi connectivity index (χ2v) is 5.36. The van der Waals surface area contributed by atoms with E-state index in [2.05, 4.69) is 20.9 Å². The van der Waals surface area contributed by atoms with Crippen LogP contribution in [0.15, 0.2) is 16.9 Å². The summed E-state index contributed by atoms with van der Waals surface area (Å²) in [5.74, 6) is -2.54. The number of carbonyl (C=O) groups excluding carboxylic acids is 1. The molecule has 0 aliphatic carbocycles. The van der Waals surface area contributed by atoms with Crippen LogP contribution in [0.4, 0.5) is 17.6 Å². The van der Waals surface area contributed by atoms with Crippen molar-refractivity contribution in [2.45, 2.75) is 19.0 Å². The van der Waals surface area contributed by atoms with Gasteiger partial charge in [-0.3, -0.25) is 4.79 Å². The van der Waals surface area contributed by atoms with E-state index in [1.54, 1.807) is 0 Å². The van der Waals surface area contributed by atoms with Crippen LogP contribution in [0.5, 0.6) is 0 Å². The molecule has 0 bridgehead atoms. The van der Waals surface area contributed by atoms with Gasteiger partial charge in [0.15, 0.2) is 5.82 Å². The van der Waals surface area contributed by atoms with Crippen LogP contribution < -0.4 is 0 Å². The first-order chi connectivity index (χ1) is 9.29. The molecule has 1 fully saturated rings. The van der Waals surface area contributed by atoms with Crippen molar-refractivity contribution in [2.75, 3.05) is 13.1 Å². The summed E-state index contributed by atoms with van der Waals surface area (Å²) in [5, 5.41) is 0. The molecule has 110 valence electrons. The molecule has 0 radical (unpaired) electrons. The summed E-state index contributed by atoms with van der Waals surface area (Å²) in [6.45, 7) is 0.0292. The second-order valence-electron chi connectivity index (χ2n) is 4.60. The summed E-state index contributed by atoms with van der Waals surface area (Å²) in [6.07, 6.45) is -3.27. The van der Waals surface area contributed by atoms with Gasteiger partial charge in [0.25, 0.3) is 5.91 Å². The Morgan fingerprint density at radius 3 is 2.45 bits per heavy atom. The maximum atomic E-state index is 13.3. The fraction of sp³-hybridized carbons (Fsp3) is 0.500. The Hall–Kier alpha value is -1.18. The first-order valence-electron chi connectivity index (χ1n) is 5.96. The van der Waals surface area contributed by atoms with E-state index in [1.807, 2.05) is 0 Å². The number of pyridine rings is 1. The molecule has 8 heteroatoms. The van der Waals surface area contributed by atoms with Gasteiger partial charge in [0.1, 0.15) is 4.60 Å². The van der Waals surface area contributed by atoms with Gasteiger partial charge in [-0.15, -0.1) is 0 Å². The number of carbonyl (C=O) groups is 1. The van der Waals surface area contributed by atoms with Crippen LogP contribution in [0.2, 0.25) is 0 Å². The Kier molecular flexibility index (Phi) is 4.31. The lowest BCUT2D eigenvalue weighted by atomic mass is 9.96. The number of amides is 1. The van der Waals surface area contributed by atoms with Crippen LogP contribution in [0.3, 0.4) is 0 Å². The summed E-state index contributed by atoms with van der Waals surface area (Å²) >= 11 is 2.87. The van der Waals surface area contributed by atoms with Gasteiger partial charge in [0.2, 0.25) is 0 Å². The highest BCUT2D eigenvalue weighted by molar-refractivity contribution is 9.10. The average molecular weight is 355 g/mol. The molecule has 1 aromatic heterocycles. The lowest BCUT2D eigenvalue weighted by Crippen LogP contribution is -2.42. The van der Waals surface area contributed by atoms with Crippen molar-refractivity contribution < 1.29 is 22.4 Å². The van der Waals surface area contributed by atoms with Crippen LogP contribution >= 0.6 is 15.9 Å². The van der Waals surface area contributed by atoms with Gasteiger partial charge in [-0.05, 0) is 34.8 Å². The van der Waals surface area contributed by atoms with E-state index in [0.717, 1.165) is 6.07 Å². The Morgan fingerprint density at radius 1 is 1.35 bits per heavy atom. The van der Waals surface area contributed by atoms with Crippen molar-refractivity contribution in [3.63, 3.8) is 0 Å². The molecule has 0 atom stereocenters. The van der Waals surface area contributed by atoms with Gasteiger partial charge in [-0.1, -0.05) is 0 Å². The number of hydrogen-bond donors (Lipinski definition) is 0. The summed E-state index contributed by atoms with van der Waals surface area (Å²) in [5.41, 5.74) is 0.0381.